The van der Waals surface area contributed by atoms with Gasteiger partial charge in [-0.1, -0.05) is 24.3 Å². The number of aromatic nitrogens is 1. The maximum Gasteiger partial charge on any atom is 0.256 e. The fraction of sp³-hybridized carbons (Fsp3) is 0.412. The number of carbonyl (C=O) groups excluding carboxylic acids is 4. The van der Waals surface area contributed by atoms with E-state index in [1.54, 1.807) is 4.90 Å². The Hall–Kier alpha value is -4.44. The summed E-state index contributed by atoms with van der Waals surface area (Å²) in [5, 5.41) is 3.08. The van der Waals surface area contributed by atoms with Crippen molar-refractivity contribution in [2.45, 2.75) is 64.7 Å². The molecule has 6 rings (SSSR count). The Kier molecular flexibility index (Phi) is 8.52. The maximum atomic E-state index is 13.9. The molecule has 3 aliphatic rings. The molecule has 230 valence electrons. The number of amides is 3. The monoisotopic (exact) mass is 598 g/mol. The minimum Gasteiger partial charge on any atom is -0.457 e. The van der Waals surface area contributed by atoms with Gasteiger partial charge >= 0.3 is 0 Å². The van der Waals surface area contributed by atoms with Crippen LogP contribution in [0.25, 0.3) is 0 Å². The maximum absolute atomic E-state index is 13.9. The van der Waals surface area contributed by atoms with Crippen LogP contribution in [0.5, 0.6) is 11.5 Å². The third kappa shape index (κ3) is 6.26. The summed E-state index contributed by atoms with van der Waals surface area (Å²) in [5.41, 5.74) is 4.17. The van der Waals surface area contributed by atoms with Crippen LogP contribution < -0.4 is 10.1 Å². The first-order valence-corrected chi connectivity index (χ1v) is 15.4. The smallest absolute Gasteiger partial charge is 0.256 e. The van der Waals surface area contributed by atoms with Gasteiger partial charge in [-0.05, 0) is 68.5 Å². The fourth-order valence-corrected chi connectivity index (χ4v) is 6.46. The first-order chi connectivity index (χ1) is 21.3. The molecular formula is C34H38N4O6. The van der Waals surface area contributed by atoms with Gasteiger partial charge in [0, 0.05) is 37.4 Å². The zero-order chi connectivity index (χ0) is 30.8. The summed E-state index contributed by atoms with van der Waals surface area (Å²) in [6, 6.07) is 14.5. The minimum atomic E-state index is -0.509. The second-order valence-electron chi connectivity index (χ2n) is 11.8. The van der Waals surface area contributed by atoms with E-state index in [0.29, 0.717) is 60.9 Å². The Morgan fingerprint density at radius 3 is 2.55 bits per heavy atom. The predicted molar refractivity (Wildman–Crippen MR) is 163 cm³/mol. The highest BCUT2D eigenvalue weighted by Crippen LogP contribution is 2.30. The largest absolute Gasteiger partial charge is 0.457 e. The molecule has 1 aliphatic carbocycles. The van der Waals surface area contributed by atoms with Crippen molar-refractivity contribution in [2.24, 2.45) is 0 Å². The van der Waals surface area contributed by atoms with E-state index in [0.717, 1.165) is 29.7 Å². The summed E-state index contributed by atoms with van der Waals surface area (Å²) >= 11 is 0. The Morgan fingerprint density at radius 2 is 1.77 bits per heavy atom. The van der Waals surface area contributed by atoms with Crippen LogP contribution in [0.3, 0.4) is 0 Å². The lowest BCUT2D eigenvalue weighted by molar-refractivity contribution is -0.136. The molecule has 1 saturated heterocycles. The number of piperidine rings is 1. The highest BCUT2D eigenvalue weighted by Gasteiger charge is 2.37. The number of likely N-dealkylation sites (N-methyl/N-ethyl adjacent to an activating group) is 1. The van der Waals surface area contributed by atoms with Crippen molar-refractivity contribution in [3.8, 4) is 11.5 Å². The molecule has 10 nitrogen and oxygen atoms in total. The van der Waals surface area contributed by atoms with E-state index in [1.807, 2.05) is 62.4 Å². The standard InChI is InChI=1S/C34H38N4O6/c1-3-37-19-30(40)36-27-18-38(34(42)32-21(2)35-26-11-6-12-28(39)33(26)32)14-13-29(27)43-20-23-8-5-10-25(16-23)44-24-9-4-7-22(15-24)17-31(37)41/h4-5,7-10,15-16,27,29,35H,3,6,11-14,17-20H2,1-2H3,(H,36,40)/t27-,29-/m0/s1. The van der Waals surface area contributed by atoms with Gasteiger partial charge in [0.05, 0.1) is 42.8 Å². The number of H-pyrrole nitrogens is 1. The molecule has 4 bridgehead atoms. The second kappa shape index (κ2) is 12.7. The number of hydrogen-bond donors (Lipinski definition) is 2. The average molecular weight is 599 g/mol. The zero-order valence-corrected chi connectivity index (χ0v) is 25.2. The van der Waals surface area contributed by atoms with Gasteiger partial charge in [-0.2, -0.15) is 0 Å². The lowest BCUT2D eigenvalue weighted by Gasteiger charge is -2.39. The summed E-state index contributed by atoms with van der Waals surface area (Å²) in [6.45, 7) is 4.86. The number of nitrogens with zero attached hydrogens (tertiary/aromatic N) is 2. The number of fused-ring (bicyclic) bond motifs is 6. The van der Waals surface area contributed by atoms with E-state index in [2.05, 4.69) is 10.3 Å². The lowest BCUT2D eigenvalue weighted by Crippen LogP contribution is -2.58. The molecule has 1 fully saturated rings. The highest BCUT2D eigenvalue weighted by molar-refractivity contribution is 6.10. The molecule has 44 heavy (non-hydrogen) atoms. The van der Waals surface area contributed by atoms with Gasteiger partial charge in [0.25, 0.3) is 5.91 Å². The zero-order valence-electron chi connectivity index (χ0n) is 25.2. The van der Waals surface area contributed by atoms with Crippen molar-refractivity contribution >= 4 is 23.5 Å². The number of carbonyl (C=O) groups is 4. The number of nitrogens with one attached hydrogen (secondary N) is 2. The number of aromatic amines is 1. The summed E-state index contributed by atoms with van der Waals surface area (Å²) in [5.74, 6) is 0.560. The van der Waals surface area contributed by atoms with Crippen LogP contribution in [0, 0.1) is 6.92 Å². The van der Waals surface area contributed by atoms with E-state index in [1.165, 1.54) is 4.90 Å². The second-order valence-corrected chi connectivity index (χ2v) is 11.8. The fourth-order valence-electron chi connectivity index (χ4n) is 6.46. The number of likely N-dealkylation sites (tertiary alicyclic amines) is 1. The van der Waals surface area contributed by atoms with Crippen molar-refractivity contribution in [1.29, 1.82) is 0 Å². The van der Waals surface area contributed by atoms with Crippen LogP contribution in [0.2, 0.25) is 0 Å². The molecule has 0 unspecified atom stereocenters. The summed E-state index contributed by atoms with van der Waals surface area (Å²) < 4.78 is 12.5. The third-order valence-electron chi connectivity index (χ3n) is 8.69. The topological polar surface area (TPSA) is 121 Å². The normalized spacial score (nSPS) is 21.1. The van der Waals surface area contributed by atoms with Crippen LogP contribution in [0.1, 0.15) is 69.4 Å². The molecule has 3 aromatic rings. The van der Waals surface area contributed by atoms with Gasteiger partial charge in [0.1, 0.15) is 11.5 Å². The number of hydrogen-bond acceptors (Lipinski definition) is 6. The van der Waals surface area contributed by atoms with Gasteiger partial charge in [-0.3, -0.25) is 19.2 Å². The highest BCUT2D eigenvalue weighted by atomic mass is 16.5. The summed E-state index contributed by atoms with van der Waals surface area (Å²) in [6.07, 6.45) is 2.21. The number of ether oxygens (including phenoxy) is 2. The van der Waals surface area contributed by atoms with Crippen molar-refractivity contribution in [3.05, 3.63) is 82.2 Å². The van der Waals surface area contributed by atoms with Gasteiger partial charge in [0.15, 0.2) is 5.78 Å². The van der Waals surface area contributed by atoms with Crippen LogP contribution in [-0.4, -0.2) is 76.6 Å². The number of aryl methyl sites for hydroxylation is 2. The molecule has 1 aromatic heterocycles. The van der Waals surface area contributed by atoms with Crippen molar-refractivity contribution in [2.75, 3.05) is 26.2 Å². The number of benzene rings is 2. The molecule has 3 heterocycles. The molecule has 2 N–H and O–H groups in total. The number of rotatable bonds is 2. The van der Waals surface area contributed by atoms with Gasteiger partial charge in [0.2, 0.25) is 11.8 Å². The SMILES string of the molecule is CCN1CC(=O)N[C@H]2CN(C(=O)c3c(C)[nH]c4c3C(=O)CCC4)CC[C@@H]2OCc2cccc(c2)Oc2cccc(c2)CC1=O. The lowest BCUT2D eigenvalue weighted by atomic mass is 9.92. The Bertz CT molecular complexity index is 1600. The molecule has 2 aromatic carbocycles. The van der Waals surface area contributed by atoms with Crippen LogP contribution in [-0.2, 0) is 33.8 Å². The molecular weight excluding hydrogens is 560 g/mol. The third-order valence-corrected chi connectivity index (χ3v) is 8.69. The van der Waals surface area contributed by atoms with Gasteiger partial charge in [-0.25, -0.2) is 0 Å². The van der Waals surface area contributed by atoms with E-state index in [-0.39, 0.29) is 49.1 Å². The Morgan fingerprint density at radius 1 is 1.02 bits per heavy atom. The van der Waals surface area contributed by atoms with Gasteiger partial charge < -0.3 is 29.6 Å². The van der Waals surface area contributed by atoms with E-state index in [9.17, 15) is 19.2 Å². The molecule has 3 amide bonds. The molecule has 0 saturated carbocycles. The quantitative estimate of drug-likeness (QED) is 0.461. The summed E-state index contributed by atoms with van der Waals surface area (Å²) in [7, 11) is 0. The minimum absolute atomic E-state index is 0.00650. The first-order valence-electron chi connectivity index (χ1n) is 15.4. The Balaban J connectivity index is 1.26. The summed E-state index contributed by atoms with van der Waals surface area (Å²) in [4.78, 5) is 59.8. The molecule has 10 heteroatoms. The number of ketones is 1. The van der Waals surface area contributed by atoms with Crippen LogP contribution >= 0.6 is 0 Å². The first kappa shape index (κ1) is 29.6. The van der Waals surface area contributed by atoms with Crippen LogP contribution in [0.15, 0.2) is 48.5 Å². The van der Waals surface area contributed by atoms with Crippen molar-refractivity contribution < 1.29 is 28.7 Å². The van der Waals surface area contributed by atoms with Crippen molar-refractivity contribution in [3.63, 3.8) is 0 Å². The average Bonchev–Trinajstić information content (AvgIpc) is 3.35. The van der Waals surface area contributed by atoms with Crippen molar-refractivity contribution in [1.82, 2.24) is 20.1 Å². The van der Waals surface area contributed by atoms with Crippen LogP contribution in [0.4, 0.5) is 0 Å². The number of Topliss-reactive ketones (excluding diaryl/α,β-unsaturated/α-hetero) is 1. The molecule has 0 spiro atoms. The molecule has 2 aliphatic heterocycles. The van der Waals surface area contributed by atoms with E-state index in [4.69, 9.17) is 9.47 Å². The molecule has 2 atom stereocenters. The Labute approximate surface area is 256 Å². The van der Waals surface area contributed by atoms with E-state index < -0.39 is 6.04 Å². The predicted octanol–water partition coefficient (Wildman–Crippen LogP) is 3.96. The van der Waals surface area contributed by atoms with E-state index >= 15 is 0 Å². The molecule has 0 radical (unpaired) electrons. The van der Waals surface area contributed by atoms with Gasteiger partial charge in [-0.15, -0.1) is 0 Å².